The predicted molar refractivity (Wildman–Crippen MR) is 81.3 cm³/mol. The quantitative estimate of drug-likeness (QED) is 0.568. The molecule has 4 nitrogen and oxygen atoms in total. The van der Waals surface area contributed by atoms with Crippen molar-refractivity contribution in [3.63, 3.8) is 0 Å². The first kappa shape index (κ1) is 19.8. The third-order valence-corrected chi connectivity index (χ3v) is 5.11. The molecule has 2 aromatic heterocycles. The summed E-state index contributed by atoms with van der Waals surface area (Å²) in [6, 6.07) is 0. The molecule has 0 N–H and O–H groups in total. The maximum absolute atomic E-state index is 13.4. The Labute approximate surface area is 145 Å². The van der Waals surface area contributed by atoms with Crippen LogP contribution in [0, 0.1) is 0 Å². The Bertz CT molecular complexity index is 909. The van der Waals surface area contributed by atoms with E-state index in [0.29, 0.717) is 20.5 Å². The topological polar surface area (TPSA) is 44.0 Å². The van der Waals surface area contributed by atoms with Crippen LogP contribution in [0.4, 0.5) is 26.3 Å². The molecule has 0 aliphatic carbocycles. The molecule has 0 bridgehead atoms. The minimum absolute atomic E-state index is 0.275. The summed E-state index contributed by atoms with van der Waals surface area (Å²) in [5, 5.41) is -0.822. The Morgan fingerprint density at radius 2 is 1.68 bits per heavy atom. The van der Waals surface area contributed by atoms with Crippen LogP contribution in [0.25, 0.3) is 10.2 Å². The van der Waals surface area contributed by atoms with Gasteiger partial charge in [-0.3, -0.25) is 13.9 Å². The zero-order chi connectivity index (χ0) is 19.2. The van der Waals surface area contributed by atoms with Gasteiger partial charge in [0.15, 0.2) is 0 Å². The number of alkyl halides is 7. The third-order valence-electron chi connectivity index (χ3n) is 3.47. The van der Waals surface area contributed by atoms with Gasteiger partial charge in [-0.2, -0.15) is 26.3 Å². The van der Waals surface area contributed by atoms with E-state index < -0.39 is 63.1 Å². The average molecular weight is 409 g/mol. The lowest BCUT2D eigenvalue weighted by Gasteiger charge is -2.13. The molecule has 0 fully saturated rings. The minimum Gasteiger partial charge on any atom is -0.284 e. The second-order valence-corrected chi connectivity index (χ2v) is 6.41. The fourth-order valence-electron chi connectivity index (χ4n) is 2.42. The van der Waals surface area contributed by atoms with Crippen molar-refractivity contribution in [3.8, 4) is 0 Å². The fourth-order valence-corrected chi connectivity index (χ4v) is 3.89. The molecule has 0 aromatic carbocycles. The second-order valence-electron chi connectivity index (χ2n) is 5.06. The Morgan fingerprint density at radius 1 is 1.08 bits per heavy atom. The van der Waals surface area contributed by atoms with E-state index in [4.69, 9.17) is 11.6 Å². The van der Waals surface area contributed by atoms with Gasteiger partial charge in [-0.15, -0.1) is 22.9 Å². The van der Waals surface area contributed by atoms with Crippen molar-refractivity contribution < 1.29 is 26.3 Å². The van der Waals surface area contributed by atoms with Crippen LogP contribution >= 0.6 is 22.9 Å². The summed E-state index contributed by atoms with van der Waals surface area (Å²) in [5.41, 5.74) is -3.57. The van der Waals surface area contributed by atoms with Crippen LogP contribution in [0.3, 0.4) is 0 Å². The molecule has 2 aromatic rings. The van der Waals surface area contributed by atoms with Crippen LogP contribution in [-0.2, 0) is 25.1 Å². The summed E-state index contributed by atoms with van der Waals surface area (Å²) in [7, 11) is 0. The van der Waals surface area contributed by atoms with E-state index in [-0.39, 0.29) is 6.54 Å². The largest absolute Gasteiger partial charge is 0.418 e. The first-order valence-electron chi connectivity index (χ1n) is 6.91. The van der Waals surface area contributed by atoms with Gasteiger partial charge in [-0.1, -0.05) is 0 Å². The van der Waals surface area contributed by atoms with Gasteiger partial charge in [0.05, 0.1) is 23.3 Å². The van der Waals surface area contributed by atoms with E-state index in [0.717, 1.165) is 0 Å². The van der Waals surface area contributed by atoms with E-state index in [1.807, 2.05) is 0 Å². The van der Waals surface area contributed by atoms with E-state index in [2.05, 4.69) is 0 Å². The molecule has 0 radical (unpaired) electrons. The number of fused-ring (bicyclic) bond motifs is 1. The Morgan fingerprint density at radius 3 is 2.12 bits per heavy atom. The summed E-state index contributed by atoms with van der Waals surface area (Å²) in [6.45, 7) is 0.173. The predicted octanol–water partition coefficient (Wildman–Crippen LogP) is 3.95. The molecule has 140 valence electrons. The van der Waals surface area contributed by atoms with Crippen molar-refractivity contribution in [1.82, 2.24) is 9.13 Å². The van der Waals surface area contributed by atoms with Crippen molar-refractivity contribution >= 4 is 33.2 Å². The van der Waals surface area contributed by atoms with Crippen molar-refractivity contribution in [2.75, 3.05) is 0 Å². The van der Waals surface area contributed by atoms with Crippen LogP contribution in [-0.4, -0.2) is 15.3 Å². The molecule has 0 aliphatic rings. The molecule has 12 heteroatoms. The molecule has 2 rings (SSSR count). The van der Waals surface area contributed by atoms with Crippen molar-refractivity contribution in [3.05, 3.63) is 31.3 Å². The summed E-state index contributed by atoms with van der Waals surface area (Å²) in [6.07, 6.45) is -11.0. The summed E-state index contributed by atoms with van der Waals surface area (Å²) < 4.78 is 78.6. The lowest BCUT2D eigenvalue weighted by Crippen LogP contribution is -2.40. The molecular formula is C13H11ClF6N2O2S. The van der Waals surface area contributed by atoms with Crippen LogP contribution < -0.4 is 11.2 Å². The second kappa shape index (κ2) is 6.67. The molecule has 0 unspecified atom stereocenters. The van der Waals surface area contributed by atoms with Crippen LogP contribution in [0.1, 0.15) is 23.8 Å². The van der Waals surface area contributed by atoms with Crippen molar-refractivity contribution in [1.29, 1.82) is 0 Å². The van der Waals surface area contributed by atoms with Crippen LogP contribution in [0.5, 0.6) is 0 Å². The normalized spacial score (nSPS) is 13.0. The highest BCUT2D eigenvalue weighted by atomic mass is 35.5. The molecular weight excluding hydrogens is 398 g/mol. The first-order chi connectivity index (χ1) is 11.4. The lowest BCUT2D eigenvalue weighted by atomic mass is 10.2. The Hall–Kier alpha value is -1.49. The number of rotatable bonds is 4. The number of hydrogen-bond acceptors (Lipinski definition) is 3. The molecule has 0 saturated carbocycles. The Balaban J connectivity index is 2.92. The molecule has 0 amide bonds. The van der Waals surface area contributed by atoms with Gasteiger partial charge in [0.1, 0.15) is 4.83 Å². The van der Waals surface area contributed by atoms with Crippen LogP contribution in [0.15, 0.2) is 9.59 Å². The first-order valence-corrected chi connectivity index (χ1v) is 8.26. The minimum atomic E-state index is -4.93. The third kappa shape index (κ3) is 3.71. The highest BCUT2D eigenvalue weighted by Crippen LogP contribution is 2.41. The summed E-state index contributed by atoms with van der Waals surface area (Å²) in [5.74, 6) is -0.590. The molecule has 0 atom stereocenters. The van der Waals surface area contributed by atoms with E-state index >= 15 is 0 Å². The van der Waals surface area contributed by atoms with Gasteiger partial charge in [0, 0.05) is 18.0 Å². The van der Waals surface area contributed by atoms with Gasteiger partial charge in [-0.05, 0) is 6.92 Å². The molecule has 0 spiro atoms. The van der Waals surface area contributed by atoms with Crippen LogP contribution in [0.2, 0.25) is 0 Å². The summed E-state index contributed by atoms with van der Waals surface area (Å²) in [4.78, 5) is 23.7. The smallest absolute Gasteiger partial charge is 0.284 e. The van der Waals surface area contributed by atoms with Crippen molar-refractivity contribution in [2.45, 2.75) is 44.7 Å². The molecule has 2 heterocycles. The van der Waals surface area contributed by atoms with Gasteiger partial charge in [-0.25, -0.2) is 4.79 Å². The zero-order valence-electron chi connectivity index (χ0n) is 12.6. The Kier molecular flexibility index (Phi) is 5.29. The summed E-state index contributed by atoms with van der Waals surface area (Å²) >= 11 is 5.92. The fraction of sp³-hybridized carbons (Fsp3) is 0.538. The highest BCUT2D eigenvalue weighted by molar-refractivity contribution is 7.19. The zero-order valence-corrected chi connectivity index (χ0v) is 14.2. The number of thiophene rings is 1. The number of nitrogens with zero attached hydrogens (tertiary/aromatic N) is 2. The van der Waals surface area contributed by atoms with E-state index in [9.17, 15) is 35.9 Å². The number of aryl methyl sites for hydroxylation is 1. The number of halogens is 7. The lowest BCUT2D eigenvalue weighted by molar-refractivity contribution is -0.137. The van der Waals surface area contributed by atoms with E-state index in [1.54, 1.807) is 0 Å². The molecule has 25 heavy (non-hydrogen) atoms. The maximum atomic E-state index is 13.4. The van der Waals surface area contributed by atoms with Gasteiger partial charge < -0.3 is 0 Å². The standard InChI is InChI=1S/C13H11ClF6N2O2S/c1-2-21-9(23)7-8(13(18,19)20)6(5-14)25-10(7)22(11(21)24)4-3-12(15,16)17/h2-5H2,1H3. The average Bonchev–Trinajstić information content (AvgIpc) is 2.86. The SMILES string of the molecule is CCn1c(=O)c2c(C(F)(F)F)c(CCl)sc2n(CCC(F)(F)F)c1=O. The van der Waals surface area contributed by atoms with E-state index in [1.165, 1.54) is 6.92 Å². The molecule has 0 saturated heterocycles. The highest BCUT2D eigenvalue weighted by Gasteiger charge is 2.39. The number of hydrogen-bond donors (Lipinski definition) is 0. The van der Waals surface area contributed by atoms with Gasteiger partial charge in [0.25, 0.3) is 5.56 Å². The van der Waals surface area contributed by atoms with Crippen molar-refractivity contribution in [2.24, 2.45) is 0 Å². The van der Waals surface area contributed by atoms with Gasteiger partial charge >= 0.3 is 18.0 Å². The number of aromatic nitrogens is 2. The monoisotopic (exact) mass is 408 g/mol. The molecule has 0 aliphatic heterocycles. The maximum Gasteiger partial charge on any atom is 0.418 e. The van der Waals surface area contributed by atoms with Gasteiger partial charge in [0.2, 0.25) is 0 Å².